The van der Waals surface area contributed by atoms with Crippen LogP contribution in [0.1, 0.15) is 22.2 Å². The number of carbonyl (C=O) groups is 2. The Balaban J connectivity index is 1.44. The van der Waals surface area contributed by atoms with Crippen LogP contribution in [0.15, 0.2) is 65.1 Å². The molecule has 1 saturated heterocycles. The molecular weight excluding hydrogens is 462 g/mol. The van der Waals surface area contributed by atoms with Crippen molar-refractivity contribution in [3.8, 4) is 11.3 Å². The van der Waals surface area contributed by atoms with E-state index >= 15 is 0 Å². The number of hydrogen-bond donors (Lipinski definition) is 0. The molecule has 0 saturated carbocycles. The molecule has 1 aliphatic heterocycles. The first kappa shape index (κ1) is 23.5. The first-order chi connectivity index (χ1) is 16.4. The Morgan fingerprint density at radius 2 is 1.71 bits per heavy atom. The van der Waals surface area contributed by atoms with E-state index in [4.69, 9.17) is 20.8 Å². The molecule has 176 valence electrons. The fourth-order valence-corrected chi connectivity index (χ4v) is 4.21. The highest BCUT2D eigenvalue weighted by molar-refractivity contribution is 6.31. The summed E-state index contributed by atoms with van der Waals surface area (Å²) in [5.74, 6) is -0.0504. The van der Waals surface area contributed by atoms with E-state index < -0.39 is 16.9 Å². The minimum atomic E-state index is -0.659. The smallest absolute Gasteiger partial charge is 0.327 e. The highest BCUT2D eigenvalue weighted by Gasteiger charge is 2.34. The SMILES string of the molecule is COC(=O)[C@@H](c1ccccc1Cl)N1CCN(C(=O)c2ccc(-c3ccc([N+](=O)[O-])cc3)o2)CC1. The van der Waals surface area contributed by atoms with Crippen molar-refractivity contribution < 1.29 is 23.7 Å². The molecule has 2 aromatic carbocycles. The van der Waals surface area contributed by atoms with Gasteiger partial charge < -0.3 is 14.1 Å². The van der Waals surface area contributed by atoms with Gasteiger partial charge in [0.1, 0.15) is 11.8 Å². The van der Waals surface area contributed by atoms with Crippen LogP contribution in [-0.2, 0) is 9.53 Å². The van der Waals surface area contributed by atoms with E-state index in [1.807, 2.05) is 11.0 Å². The van der Waals surface area contributed by atoms with Crippen LogP contribution in [-0.4, -0.2) is 59.9 Å². The number of rotatable bonds is 6. The van der Waals surface area contributed by atoms with Gasteiger partial charge in [0.15, 0.2) is 5.76 Å². The number of esters is 1. The van der Waals surface area contributed by atoms with Crippen molar-refractivity contribution in [1.29, 1.82) is 0 Å². The Morgan fingerprint density at radius 3 is 2.32 bits per heavy atom. The molecule has 4 rings (SSSR count). The molecule has 0 spiro atoms. The number of amides is 1. The summed E-state index contributed by atoms with van der Waals surface area (Å²) in [7, 11) is 1.34. The van der Waals surface area contributed by atoms with E-state index in [2.05, 4.69) is 0 Å². The Hall–Kier alpha value is -3.69. The Bertz CT molecular complexity index is 1200. The number of methoxy groups -OCH3 is 1. The van der Waals surface area contributed by atoms with E-state index in [9.17, 15) is 19.7 Å². The third-order valence-electron chi connectivity index (χ3n) is 5.77. The number of carbonyl (C=O) groups excluding carboxylic acids is 2. The van der Waals surface area contributed by atoms with Gasteiger partial charge in [-0.15, -0.1) is 0 Å². The minimum absolute atomic E-state index is 0.0217. The number of hydrogen-bond acceptors (Lipinski definition) is 7. The summed E-state index contributed by atoms with van der Waals surface area (Å²) in [5, 5.41) is 11.3. The second-order valence-corrected chi connectivity index (χ2v) is 8.15. The average Bonchev–Trinajstić information content (AvgIpc) is 3.35. The minimum Gasteiger partial charge on any atom is -0.468 e. The van der Waals surface area contributed by atoms with Crippen molar-refractivity contribution in [2.24, 2.45) is 0 Å². The van der Waals surface area contributed by atoms with Gasteiger partial charge in [0.05, 0.1) is 12.0 Å². The Labute approximate surface area is 200 Å². The van der Waals surface area contributed by atoms with E-state index in [0.717, 1.165) is 0 Å². The number of nitro groups is 1. The van der Waals surface area contributed by atoms with Gasteiger partial charge in [-0.2, -0.15) is 0 Å². The van der Waals surface area contributed by atoms with Gasteiger partial charge in [0.2, 0.25) is 0 Å². The molecule has 0 aliphatic carbocycles. The van der Waals surface area contributed by atoms with Crippen LogP contribution in [0.5, 0.6) is 0 Å². The fourth-order valence-electron chi connectivity index (χ4n) is 3.98. The lowest BCUT2D eigenvalue weighted by molar-refractivity contribution is -0.384. The molecule has 1 amide bonds. The summed E-state index contributed by atoms with van der Waals surface area (Å²) in [6.07, 6.45) is 0. The molecule has 0 N–H and O–H groups in total. The molecule has 10 heteroatoms. The zero-order chi connectivity index (χ0) is 24.2. The first-order valence-corrected chi connectivity index (χ1v) is 11.0. The number of furan rings is 1. The largest absolute Gasteiger partial charge is 0.468 e. The molecular formula is C24H22ClN3O6. The van der Waals surface area contributed by atoms with Crippen molar-refractivity contribution in [2.75, 3.05) is 33.3 Å². The van der Waals surface area contributed by atoms with Crippen molar-refractivity contribution >= 4 is 29.2 Å². The molecule has 1 aromatic heterocycles. The third-order valence-corrected chi connectivity index (χ3v) is 6.11. The number of ether oxygens (including phenoxy) is 1. The fraction of sp³-hybridized carbons (Fsp3) is 0.250. The molecule has 1 fully saturated rings. The van der Waals surface area contributed by atoms with Gasteiger partial charge in [-0.05, 0) is 35.9 Å². The number of benzene rings is 2. The quantitative estimate of drug-likeness (QED) is 0.294. The van der Waals surface area contributed by atoms with E-state index in [0.29, 0.717) is 48.1 Å². The van der Waals surface area contributed by atoms with Gasteiger partial charge >= 0.3 is 5.97 Å². The lowest BCUT2D eigenvalue weighted by Crippen LogP contribution is -2.51. The van der Waals surface area contributed by atoms with Crippen molar-refractivity contribution in [2.45, 2.75) is 6.04 Å². The van der Waals surface area contributed by atoms with Gasteiger partial charge in [0, 0.05) is 48.9 Å². The van der Waals surface area contributed by atoms with Crippen molar-refractivity contribution in [3.63, 3.8) is 0 Å². The molecule has 2 heterocycles. The van der Waals surface area contributed by atoms with E-state index in [-0.39, 0.29) is 17.4 Å². The Kier molecular flexibility index (Phi) is 6.95. The zero-order valence-corrected chi connectivity index (χ0v) is 19.1. The standard InChI is InChI=1S/C24H22ClN3O6/c1-33-24(30)22(18-4-2-3-5-19(18)25)26-12-14-27(15-13-26)23(29)21-11-10-20(34-21)16-6-8-17(9-7-16)28(31)32/h2-11,22H,12-15H2,1H3/t22-/m1/s1. The molecule has 34 heavy (non-hydrogen) atoms. The summed E-state index contributed by atoms with van der Waals surface area (Å²) in [4.78, 5) is 39.5. The number of piperazine rings is 1. The third kappa shape index (κ3) is 4.80. The second-order valence-electron chi connectivity index (χ2n) is 7.74. The topological polar surface area (TPSA) is 106 Å². The van der Waals surface area contributed by atoms with Crippen molar-refractivity contribution in [1.82, 2.24) is 9.80 Å². The molecule has 9 nitrogen and oxygen atoms in total. The number of non-ortho nitro benzene ring substituents is 1. The maximum absolute atomic E-state index is 13.0. The highest BCUT2D eigenvalue weighted by atomic mass is 35.5. The summed E-state index contributed by atoms with van der Waals surface area (Å²) in [6, 6.07) is 15.6. The molecule has 1 aliphatic rings. The number of nitro benzene ring substituents is 1. The van der Waals surface area contributed by atoms with Gasteiger partial charge in [-0.25, -0.2) is 4.79 Å². The summed E-state index contributed by atoms with van der Waals surface area (Å²) in [6.45, 7) is 1.69. The second kappa shape index (κ2) is 10.1. The first-order valence-electron chi connectivity index (χ1n) is 10.6. The molecule has 0 radical (unpaired) electrons. The predicted molar refractivity (Wildman–Crippen MR) is 124 cm³/mol. The maximum atomic E-state index is 13.0. The molecule has 0 unspecified atom stereocenters. The maximum Gasteiger partial charge on any atom is 0.327 e. The normalized spacial score (nSPS) is 15.1. The monoisotopic (exact) mass is 483 g/mol. The lowest BCUT2D eigenvalue weighted by atomic mass is 10.0. The molecule has 3 aromatic rings. The predicted octanol–water partition coefficient (Wildman–Crippen LogP) is 4.18. The number of halogens is 1. The van der Waals surface area contributed by atoms with Crippen LogP contribution in [0.2, 0.25) is 5.02 Å². The highest BCUT2D eigenvalue weighted by Crippen LogP contribution is 2.30. The van der Waals surface area contributed by atoms with Crippen LogP contribution in [0.25, 0.3) is 11.3 Å². The van der Waals surface area contributed by atoms with E-state index in [1.165, 1.54) is 19.2 Å². The summed E-state index contributed by atoms with van der Waals surface area (Å²) < 4.78 is 10.7. The van der Waals surface area contributed by atoms with Crippen LogP contribution in [0, 0.1) is 10.1 Å². The van der Waals surface area contributed by atoms with Crippen LogP contribution in [0.3, 0.4) is 0 Å². The van der Waals surface area contributed by atoms with Crippen LogP contribution in [0.4, 0.5) is 5.69 Å². The van der Waals surface area contributed by atoms with E-state index in [1.54, 1.807) is 47.4 Å². The lowest BCUT2D eigenvalue weighted by Gasteiger charge is -2.38. The van der Waals surface area contributed by atoms with Gasteiger partial charge in [0.25, 0.3) is 11.6 Å². The molecule has 0 bridgehead atoms. The average molecular weight is 484 g/mol. The zero-order valence-electron chi connectivity index (χ0n) is 18.3. The van der Waals surface area contributed by atoms with Gasteiger partial charge in [-0.1, -0.05) is 29.8 Å². The number of nitrogens with zero attached hydrogens (tertiary/aromatic N) is 3. The Morgan fingerprint density at radius 1 is 1.03 bits per heavy atom. The van der Waals surface area contributed by atoms with Gasteiger partial charge in [-0.3, -0.25) is 19.8 Å². The van der Waals surface area contributed by atoms with Crippen LogP contribution < -0.4 is 0 Å². The summed E-state index contributed by atoms with van der Waals surface area (Å²) in [5.41, 5.74) is 1.27. The molecule has 1 atom stereocenters. The van der Waals surface area contributed by atoms with Crippen molar-refractivity contribution in [3.05, 3.63) is 87.1 Å². The van der Waals surface area contributed by atoms with Crippen LogP contribution >= 0.6 is 11.6 Å². The summed E-state index contributed by atoms with van der Waals surface area (Å²) >= 11 is 6.33.